The van der Waals surface area contributed by atoms with E-state index in [0.29, 0.717) is 6.61 Å². The Hall–Kier alpha value is -1.27. The van der Waals surface area contributed by atoms with Crippen molar-refractivity contribution in [3.63, 3.8) is 0 Å². The first-order chi connectivity index (χ1) is 10.2. The Bertz CT molecular complexity index is 621. The van der Waals surface area contributed by atoms with Crippen molar-refractivity contribution in [2.45, 2.75) is 6.61 Å². The van der Waals surface area contributed by atoms with Gasteiger partial charge in [0, 0.05) is 0 Å². The molecule has 5 heteroatoms. The molecule has 22 heavy (non-hydrogen) atoms. The Labute approximate surface area is 166 Å². The van der Waals surface area contributed by atoms with Crippen molar-refractivity contribution < 1.29 is 19.4 Å². The van der Waals surface area contributed by atoms with E-state index in [-0.39, 0.29) is 51.2 Å². The van der Waals surface area contributed by atoms with Gasteiger partial charge in [-0.3, -0.25) is 0 Å². The quantitative estimate of drug-likeness (QED) is 0.480. The number of carbonyl (C=O) groups is 1. The summed E-state index contributed by atoms with van der Waals surface area (Å²) < 4.78 is 10.4. The van der Waals surface area contributed by atoms with E-state index in [1.165, 1.54) is 13.2 Å². The molecule has 2 aromatic carbocycles. The fourth-order valence-corrected chi connectivity index (χ4v) is 1.76. The summed E-state index contributed by atoms with van der Waals surface area (Å²) in [5, 5.41) is 8.88. The zero-order valence-electron chi connectivity index (χ0n) is 11.7. The van der Waals surface area contributed by atoms with Gasteiger partial charge >= 0.3 is 51.5 Å². The molecule has 0 amide bonds. The van der Waals surface area contributed by atoms with E-state index >= 15 is 0 Å². The summed E-state index contributed by atoms with van der Waals surface area (Å²) in [6.07, 6.45) is 1.46. The molecule has 0 aliphatic heterocycles. The summed E-state index contributed by atoms with van der Waals surface area (Å²) in [5.74, 6) is -0.472. The summed E-state index contributed by atoms with van der Waals surface area (Å²) in [6, 6.07) is 17.0. The van der Waals surface area contributed by atoms with Gasteiger partial charge in [-0.1, -0.05) is 42.5 Å². The van der Waals surface area contributed by atoms with E-state index in [9.17, 15) is 4.79 Å². The number of hydrogen-bond donors (Lipinski definition) is 1. The van der Waals surface area contributed by atoms with Crippen LogP contribution in [0.3, 0.4) is 0 Å². The standard InChI is InChI=1S/C17H16O4.Sr.2H/c1-20-16(17(18)19)11-13-7-9-15(10-8-13)21-12-14-5-3-2-4-6-14;;;/h2-11H,12H2,1H3,(H,18,19);;;. The number of methoxy groups -OCH3 is 1. The molecular weight excluding hydrogens is 356 g/mol. The van der Waals surface area contributed by atoms with Crippen LogP contribution in [0, 0.1) is 0 Å². The zero-order valence-corrected chi connectivity index (χ0v) is 11.7. The molecule has 112 valence electrons. The van der Waals surface area contributed by atoms with Crippen LogP contribution in [0.15, 0.2) is 60.4 Å². The van der Waals surface area contributed by atoms with E-state index in [1.807, 2.05) is 30.3 Å². The second-order valence-corrected chi connectivity index (χ2v) is 4.36. The zero-order chi connectivity index (χ0) is 15.1. The Kier molecular flexibility index (Phi) is 8.27. The van der Waals surface area contributed by atoms with Crippen molar-refractivity contribution in [1.29, 1.82) is 0 Å². The number of carboxylic acids is 1. The third-order valence-electron chi connectivity index (χ3n) is 2.86. The van der Waals surface area contributed by atoms with Gasteiger partial charge in [-0.05, 0) is 29.3 Å². The topological polar surface area (TPSA) is 55.8 Å². The maximum atomic E-state index is 10.8. The van der Waals surface area contributed by atoms with Crippen molar-refractivity contribution in [3.8, 4) is 5.75 Å². The Morgan fingerprint density at radius 3 is 2.27 bits per heavy atom. The summed E-state index contributed by atoms with van der Waals surface area (Å²) in [5.41, 5.74) is 1.83. The minimum atomic E-state index is -1.10. The number of hydrogen-bond acceptors (Lipinski definition) is 3. The number of carboxylic acid groups (broad SMARTS) is 1. The van der Waals surface area contributed by atoms with Gasteiger partial charge in [0.15, 0.2) is 0 Å². The molecule has 4 nitrogen and oxygen atoms in total. The summed E-state index contributed by atoms with van der Waals surface area (Å²) in [6.45, 7) is 0.495. The molecule has 0 spiro atoms. The predicted octanol–water partition coefficient (Wildman–Crippen LogP) is 2.42. The average molecular weight is 374 g/mol. The second kappa shape index (κ2) is 9.69. The van der Waals surface area contributed by atoms with E-state index in [2.05, 4.69) is 0 Å². The monoisotopic (exact) mass is 374 g/mol. The SMILES string of the molecule is COC(=Cc1ccc(OCc2ccccc2)cc1)C(=O)O.[SrH2]. The third-order valence-corrected chi connectivity index (χ3v) is 2.86. The molecule has 0 fully saturated rings. The fourth-order valence-electron chi connectivity index (χ4n) is 1.76. The molecule has 2 aromatic rings. The van der Waals surface area contributed by atoms with Crippen LogP contribution in [0.25, 0.3) is 6.08 Å². The van der Waals surface area contributed by atoms with Crippen molar-refractivity contribution in [2.24, 2.45) is 0 Å². The van der Waals surface area contributed by atoms with Gasteiger partial charge in [-0.25, -0.2) is 4.79 Å². The first-order valence-electron chi connectivity index (χ1n) is 6.45. The summed E-state index contributed by atoms with van der Waals surface area (Å²) in [4.78, 5) is 10.8. The van der Waals surface area contributed by atoms with Crippen LogP contribution < -0.4 is 4.74 Å². The van der Waals surface area contributed by atoms with Gasteiger partial charge in [0.1, 0.15) is 12.4 Å². The fraction of sp³-hybridized carbons (Fsp3) is 0.118. The number of rotatable bonds is 6. The molecule has 0 saturated carbocycles. The Morgan fingerprint density at radius 1 is 1.09 bits per heavy atom. The maximum absolute atomic E-state index is 10.8. The number of benzene rings is 2. The Balaban J connectivity index is 0.00000242. The molecule has 0 bridgehead atoms. The van der Waals surface area contributed by atoms with E-state index in [0.717, 1.165) is 16.9 Å². The molecule has 0 unspecified atom stereocenters. The van der Waals surface area contributed by atoms with Crippen LogP contribution in [0.5, 0.6) is 5.75 Å². The molecule has 0 radical (unpaired) electrons. The minimum absolute atomic E-state index is 0. The molecular formula is C17H18O4Sr. The van der Waals surface area contributed by atoms with Gasteiger partial charge in [0.05, 0.1) is 7.11 Å². The molecule has 0 saturated heterocycles. The Morgan fingerprint density at radius 2 is 1.73 bits per heavy atom. The second-order valence-electron chi connectivity index (χ2n) is 4.36. The van der Waals surface area contributed by atoms with Crippen molar-refractivity contribution in [3.05, 3.63) is 71.5 Å². The van der Waals surface area contributed by atoms with Crippen molar-refractivity contribution in [2.75, 3.05) is 7.11 Å². The van der Waals surface area contributed by atoms with Crippen LogP contribution in [0.1, 0.15) is 11.1 Å². The van der Waals surface area contributed by atoms with Crippen LogP contribution in [-0.2, 0) is 16.1 Å². The first-order valence-corrected chi connectivity index (χ1v) is 6.45. The van der Waals surface area contributed by atoms with Gasteiger partial charge < -0.3 is 14.6 Å². The van der Waals surface area contributed by atoms with E-state index < -0.39 is 5.97 Å². The van der Waals surface area contributed by atoms with Gasteiger partial charge in [-0.15, -0.1) is 0 Å². The molecule has 0 aliphatic carbocycles. The van der Waals surface area contributed by atoms with Crippen molar-refractivity contribution in [1.82, 2.24) is 0 Å². The van der Waals surface area contributed by atoms with Gasteiger partial charge in [-0.2, -0.15) is 0 Å². The van der Waals surface area contributed by atoms with E-state index in [4.69, 9.17) is 14.6 Å². The van der Waals surface area contributed by atoms with Gasteiger partial charge in [0.25, 0.3) is 0 Å². The van der Waals surface area contributed by atoms with E-state index in [1.54, 1.807) is 24.3 Å². The normalized spacial score (nSPS) is 10.5. The summed E-state index contributed by atoms with van der Waals surface area (Å²) in [7, 11) is 1.33. The molecule has 0 aliphatic rings. The summed E-state index contributed by atoms with van der Waals surface area (Å²) >= 11 is 0. The number of aliphatic carboxylic acids is 1. The van der Waals surface area contributed by atoms with Gasteiger partial charge in [0.2, 0.25) is 5.76 Å². The molecule has 0 atom stereocenters. The first kappa shape index (κ1) is 18.8. The van der Waals surface area contributed by atoms with Crippen LogP contribution in [0.2, 0.25) is 0 Å². The molecule has 2 rings (SSSR count). The predicted molar refractivity (Wildman–Crippen MR) is 88.4 cm³/mol. The molecule has 1 N–H and O–H groups in total. The van der Waals surface area contributed by atoms with Crippen LogP contribution in [-0.4, -0.2) is 63.7 Å². The average Bonchev–Trinajstić information content (AvgIpc) is 2.52. The van der Waals surface area contributed by atoms with Crippen LogP contribution in [0.4, 0.5) is 0 Å². The number of ether oxygens (including phenoxy) is 2. The molecule has 0 heterocycles. The van der Waals surface area contributed by atoms with Crippen LogP contribution >= 0.6 is 0 Å². The third kappa shape index (κ3) is 5.85. The molecule has 0 aromatic heterocycles. The van der Waals surface area contributed by atoms with Crippen molar-refractivity contribution >= 4 is 57.5 Å².